The van der Waals surface area contributed by atoms with Crippen molar-refractivity contribution in [2.24, 2.45) is 0 Å². The molecule has 1 aliphatic carbocycles. The van der Waals surface area contributed by atoms with Gasteiger partial charge in [-0.25, -0.2) is 0 Å². The summed E-state index contributed by atoms with van der Waals surface area (Å²) in [6.07, 6.45) is 4.53. The van der Waals surface area contributed by atoms with E-state index in [4.69, 9.17) is 4.74 Å². The molecule has 0 spiro atoms. The molecule has 5 rings (SSSR count). The summed E-state index contributed by atoms with van der Waals surface area (Å²) in [5, 5.41) is 16.0. The fourth-order valence-electron chi connectivity index (χ4n) is 4.36. The second-order valence-electron chi connectivity index (χ2n) is 7.95. The molecule has 166 valence electrons. The van der Waals surface area contributed by atoms with Crippen molar-refractivity contribution in [2.75, 3.05) is 42.3 Å². The maximum Gasteiger partial charge on any atom is 0.234 e. The first-order chi connectivity index (χ1) is 15.8. The van der Waals surface area contributed by atoms with Crippen LogP contribution in [-0.4, -0.2) is 58.2 Å². The summed E-state index contributed by atoms with van der Waals surface area (Å²) < 4.78 is 7.22. The summed E-state index contributed by atoms with van der Waals surface area (Å²) in [6.45, 7) is 3.03. The van der Waals surface area contributed by atoms with Crippen LogP contribution in [0.5, 0.6) is 0 Å². The van der Waals surface area contributed by atoms with E-state index in [0.717, 1.165) is 43.0 Å². The number of fused-ring (bicyclic) bond motifs is 1. The molecule has 1 aliphatic heterocycles. The van der Waals surface area contributed by atoms with Gasteiger partial charge in [0.25, 0.3) is 0 Å². The number of anilines is 2. The molecular weight excluding hydrogens is 424 g/mol. The Balaban J connectivity index is 1.28. The molecule has 2 heterocycles. The van der Waals surface area contributed by atoms with E-state index >= 15 is 0 Å². The largest absolute Gasteiger partial charge is 0.378 e. The van der Waals surface area contributed by atoms with Crippen molar-refractivity contribution in [3.05, 3.63) is 53.6 Å². The van der Waals surface area contributed by atoms with Crippen molar-refractivity contribution in [1.82, 2.24) is 20.2 Å². The van der Waals surface area contributed by atoms with E-state index in [9.17, 15) is 4.79 Å². The highest BCUT2D eigenvalue weighted by Crippen LogP contribution is 2.29. The third-order valence-corrected chi connectivity index (χ3v) is 6.82. The molecule has 2 aromatic carbocycles. The van der Waals surface area contributed by atoms with Crippen LogP contribution in [0.2, 0.25) is 0 Å². The maximum atomic E-state index is 12.8. The Morgan fingerprint density at radius 1 is 1.03 bits per heavy atom. The van der Waals surface area contributed by atoms with E-state index < -0.39 is 0 Å². The van der Waals surface area contributed by atoms with E-state index in [0.29, 0.717) is 18.4 Å². The number of nitrogens with one attached hydrogen (secondary N) is 1. The van der Waals surface area contributed by atoms with Crippen LogP contribution < -0.4 is 10.2 Å². The normalized spacial score (nSPS) is 15.9. The van der Waals surface area contributed by atoms with Crippen LogP contribution in [-0.2, 0) is 22.4 Å². The number of benzene rings is 2. The number of carbonyl (C=O) groups is 1. The van der Waals surface area contributed by atoms with Crippen molar-refractivity contribution in [1.29, 1.82) is 0 Å². The number of aryl methyl sites for hydroxylation is 1. The second-order valence-corrected chi connectivity index (χ2v) is 8.89. The van der Waals surface area contributed by atoms with E-state index in [2.05, 4.69) is 43.9 Å². The molecule has 2 aliphatic rings. The molecule has 0 radical (unpaired) electrons. The molecular formula is C23H26N6O2S. The molecule has 3 aromatic rings. The summed E-state index contributed by atoms with van der Waals surface area (Å²) in [7, 11) is 0. The third kappa shape index (κ3) is 4.49. The lowest BCUT2D eigenvalue weighted by Gasteiger charge is -2.30. The highest BCUT2D eigenvalue weighted by Gasteiger charge is 2.19. The van der Waals surface area contributed by atoms with Crippen LogP contribution in [0.15, 0.2) is 47.6 Å². The Bertz CT molecular complexity index is 1100. The number of amides is 1. The number of hydrogen-bond acceptors (Lipinski definition) is 7. The zero-order valence-electron chi connectivity index (χ0n) is 17.9. The molecule has 1 N–H and O–H groups in total. The first-order valence-corrected chi connectivity index (χ1v) is 12.0. The van der Waals surface area contributed by atoms with Crippen molar-refractivity contribution in [3.8, 4) is 5.69 Å². The predicted octanol–water partition coefficient (Wildman–Crippen LogP) is 3.11. The maximum absolute atomic E-state index is 12.8. The fourth-order valence-corrected chi connectivity index (χ4v) is 5.04. The van der Waals surface area contributed by atoms with Gasteiger partial charge < -0.3 is 15.0 Å². The van der Waals surface area contributed by atoms with Crippen LogP contribution in [0.25, 0.3) is 5.69 Å². The van der Waals surface area contributed by atoms with Gasteiger partial charge >= 0.3 is 0 Å². The topological polar surface area (TPSA) is 85.2 Å². The van der Waals surface area contributed by atoms with Crippen LogP contribution in [0.4, 0.5) is 11.4 Å². The number of hydrogen-bond donors (Lipinski definition) is 1. The minimum absolute atomic E-state index is 0.0830. The Morgan fingerprint density at radius 2 is 1.84 bits per heavy atom. The van der Waals surface area contributed by atoms with Gasteiger partial charge in [-0.1, -0.05) is 36.0 Å². The van der Waals surface area contributed by atoms with Gasteiger partial charge in [0.05, 0.1) is 36.0 Å². The van der Waals surface area contributed by atoms with Crippen molar-refractivity contribution >= 4 is 29.0 Å². The summed E-state index contributed by atoms with van der Waals surface area (Å²) in [6, 6.07) is 14.2. The number of thioether (sulfide) groups is 1. The lowest BCUT2D eigenvalue weighted by molar-refractivity contribution is -0.113. The van der Waals surface area contributed by atoms with Crippen LogP contribution in [0, 0.1) is 0 Å². The molecule has 1 aromatic heterocycles. The predicted molar refractivity (Wildman–Crippen MR) is 125 cm³/mol. The van der Waals surface area contributed by atoms with Gasteiger partial charge in [-0.3, -0.25) is 4.79 Å². The molecule has 0 bridgehead atoms. The third-order valence-electron chi connectivity index (χ3n) is 5.90. The number of tetrazole rings is 1. The van der Waals surface area contributed by atoms with Crippen LogP contribution in [0.1, 0.15) is 24.0 Å². The number of rotatable bonds is 6. The molecule has 1 saturated heterocycles. The van der Waals surface area contributed by atoms with Gasteiger partial charge in [0.2, 0.25) is 11.1 Å². The molecule has 8 nitrogen and oxygen atoms in total. The molecule has 1 amide bonds. The number of morpholine rings is 1. The number of carbonyl (C=O) groups excluding carboxylic acids is 1. The van der Waals surface area contributed by atoms with E-state index in [1.54, 1.807) is 4.68 Å². The standard InChI is InChI=1S/C23H26N6O2S/c30-22(24-19-9-3-4-10-21(19)28-12-14-31-15-13-28)16-32-23-25-26-27-29(23)20-11-5-7-17-6-1-2-8-18(17)20/h3-5,7,9-11H,1-2,6,8,12-16H2,(H,24,30). The summed E-state index contributed by atoms with van der Waals surface area (Å²) in [4.78, 5) is 15.0. The minimum atomic E-state index is -0.0830. The molecule has 0 atom stereocenters. The quantitative estimate of drug-likeness (QED) is 0.578. The van der Waals surface area contributed by atoms with Crippen LogP contribution in [0.3, 0.4) is 0 Å². The van der Waals surface area contributed by atoms with Gasteiger partial charge in [0.1, 0.15) is 0 Å². The van der Waals surface area contributed by atoms with Crippen LogP contribution >= 0.6 is 11.8 Å². The van der Waals surface area contributed by atoms with E-state index in [1.165, 1.54) is 35.7 Å². The van der Waals surface area contributed by atoms with E-state index in [-0.39, 0.29) is 11.7 Å². The van der Waals surface area contributed by atoms with Gasteiger partial charge in [0, 0.05) is 13.1 Å². The molecule has 32 heavy (non-hydrogen) atoms. The van der Waals surface area contributed by atoms with Gasteiger partial charge in [-0.2, -0.15) is 4.68 Å². The molecule has 9 heteroatoms. The zero-order valence-corrected chi connectivity index (χ0v) is 18.7. The average Bonchev–Trinajstić information content (AvgIpc) is 3.32. The summed E-state index contributed by atoms with van der Waals surface area (Å²) in [5.74, 6) is 0.146. The van der Waals surface area contributed by atoms with Crippen molar-refractivity contribution < 1.29 is 9.53 Å². The number of para-hydroxylation sites is 2. The highest BCUT2D eigenvalue weighted by molar-refractivity contribution is 7.99. The van der Waals surface area contributed by atoms with E-state index in [1.807, 2.05) is 24.3 Å². The Morgan fingerprint density at radius 3 is 2.75 bits per heavy atom. The molecule has 0 saturated carbocycles. The number of ether oxygens (including phenoxy) is 1. The summed E-state index contributed by atoms with van der Waals surface area (Å²) in [5.41, 5.74) is 5.55. The minimum Gasteiger partial charge on any atom is -0.378 e. The lowest BCUT2D eigenvalue weighted by Crippen LogP contribution is -2.36. The average molecular weight is 451 g/mol. The SMILES string of the molecule is O=C(CSc1nnnn1-c1cccc2c1CCCC2)Nc1ccccc1N1CCOCC1. The monoisotopic (exact) mass is 450 g/mol. The molecule has 0 unspecified atom stereocenters. The van der Waals surface area contributed by atoms with Crippen molar-refractivity contribution in [3.63, 3.8) is 0 Å². The highest BCUT2D eigenvalue weighted by atomic mass is 32.2. The first-order valence-electron chi connectivity index (χ1n) is 11.0. The molecule has 1 fully saturated rings. The van der Waals surface area contributed by atoms with Gasteiger partial charge in [-0.15, -0.1) is 5.10 Å². The van der Waals surface area contributed by atoms with Gasteiger partial charge in [-0.05, 0) is 65.4 Å². The lowest BCUT2D eigenvalue weighted by atomic mass is 9.90. The Kier molecular flexibility index (Phi) is 6.36. The Labute approximate surface area is 191 Å². The first kappa shape index (κ1) is 21.0. The fraction of sp³-hybridized carbons (Fsp3) is 0.391. The zero-order chi connectivity index (χ0) is 21.8. The number of nitrogens with zero attached hydrogens (tertiary/aromatic N) is 5. The second kappa shape index (κ2) is 9.70. The smallest absolute Gasteiger partial charge is 0.234 e. The summed E-state index contributed by atoms with van der Waals surface area (Å²) >= 11 is 1.35. The Hall–Kier alpha value is -2.91. The van der Waals surface area contributed by atoms with Gasteiger partial charge in [0.15, 0.2) is 0 Å². The number of aromatic nitrogens is 4. The van der Waals surface area contributed by atoms with Crippen molar-refractivity contribution in [2.45, 2.75) is 30.8 Å².